The van der Waals surface area contributed by atoms with Gasteiger partial charge in [0.1, 0.15) is 0 Å². The second-order valence-electron chi connectivity index (χ2n) is 5.08. The van der Waals surface area contributed by atoms with Gasteiger partial charge in [-0.15, -0.1) is 0 Å². The summed E-state index contributed by atoms with van der Waals surface area (Å²) in [6, 6.07) is 0. The molecule has 1 unspecified atom stereocenters. The van der Waals surface area contributed by atoms with Crippen LogP contribution in [0.4, 0.5) is 0 Å². The average Bonchev–Trinajstić information content (AvgIpc) is 2.87. The predicted molar refractivity (Wildman–Crippen MR) is 62.6 cm³/mol. The summed E-state index contributed by atoms with van der Waals surface area (Å²) in [6.07, 6.45) is 3.37. The van der Waals surface area contributed by atoms with Crippen LogP contribution in [0.3, 0.4) is 0 Å². The van der Waals surface area contributed by atoms with Gasteiger partial charge in [-0.3, -0.25) is 14.5 Å². The Morgan fingerprint density at radius 3 is 2.53 bits per heavy atom. The largest absolute Gasteiger partial charge is 0.481 e. The highest BCUT2D eigenvalue weighted by Gasteiger charge is 2.27. The first-order valence-electron chi connectivity index (χ1n) is 6.37. The minimum Gasteiger partial charge on any atom is -0.481 e. The molecule has 0 aliphatic carbocycles. The van der Waals surface area contributed by atoms with E-state index < -0.39 is 5.97 Å². The zero-order valence-electron chi connectivity index (χ0n) is 10.1. The molecule has 96 valence electrons. The normalized spacial score (nSPS) is 25.4. The predicted octanol–water partition coefficient (Wildman–Crippen LogP) is 0.405. The number of aliphatic carboxylic acids is 1. The fraction of sp³-hybridized carbons (Fsp3) is 0.833. The van der Waals surface area contributed by atoms with Crippen LogP contribution in [0.1, 0.15) is 25.7 Å². The van der Waals surface area contributed by atoms with Gasteiger partial charge in [0.25, 0.3) is 0 Å². The van der Waals surface area contributed by atoms with Crippen LogP contribution in [-0.4, -0.2) is 59.5 Å². The molecule has 0 radical (unpaired) electrons. The molecule has 1 N–H and O–H groups in total. The van der Waals surface area contributed by atoms with Crippen LogP contribution >= 0.6 is 0 Å². The average molecular weight is 240 g/mol. The molecule has 5 nitrogen and oxygen atoms in total. The molecule has 0 saturated carbocycles. The number of carboxylic acids is 1. The zero-order chi connectivity index (χ0) is 12.3. The van der Waals surface area contributed by atoms with Gasteiger partial charge in [-0.25, -0.2) is 0 Å². The molecule has 0 aromatic heterocycles. The van der Waals surface area contributed by atoms with Crippen LogP contribution < -0.4 is 0 Å². The van der Waals surface area contributed by atoms with Crippen molar-refractivity contribution in [3.05, 3.63) is 0 Å². The SMILES string of the molecule is O=C(O)CC1CCN(CC(=O)N2CCCC2)C1. The van der Waals surface area contributed by atoms with Gasteiger partial charge < -0.3 is 10.0 Å². The van der Waals surface area contributed by atoms with E-state index in [0.29, 0.717) is 6.54 Å². The number of carboxylic acid groups (broad SMARTS) is 1. The fourth-order valence-electron chi connectivity index (χ4n) is 2.73. The summed E-state index contributed by atoms with van der Waals surface area (Å²) >= 11 is 0. The number of amides is 1. The van der Waals surface area contributed by atoms with E-state index in [0.717, 1.165) is 45.4 Å². The minimum atomic E-state index is -0.734. The Labute approximate surface area is 101 Å². The molecule has 5 heteroatoms. The summed E-state index contributed by atoms with van der Waals surface area (Å²) < 4.78 is 0. The second kappa shape index (κ2) is 5.49. The summed E-state index contributed by atoms with van der Waals surface area (Å²) in [4.78, 5) is 26.5. The van der Waals surface area contributed by atoms with E-state index in [2.05, 4.69) is 4.90 Å². The van der Waals surface area contributed by atoms with Gasteiger partial charge >= 0.3 is 5.97 Å². The lowest BCUT2D eigenvalue weighted by molar-refractivity contribution is -0.138. The first kappa shape index (κ1) is 12.4. The number of carbonyl (C=O) groups is 2. The third kappa shape index (κ3) is 3.43. The van der Waals surface area contributed by atoms with Gasteiger partial charge in [-0.1, -0.05) is 0 Å². The smallest absolute Gasteiger partial charge is 0.303 e. The quantitative estimate of drug-likeness (QED) is 0.773. The van der Waals surface area contributed by atoms with Crippen molar-refractivity contribution < 1.29 is 14.7 Å². The molecule has 2 rings (SSSR count). The molecule has 2 aliphatic heterocycles. The van der Waals surface area contributed by atoms with Gasteiger partial charge in [0.2, 0.25) is 5.91 Å². The Morgan fingerprint density at radius 2 is 1.88 bits per heavy atom. The Hall–Kier alpha value is -1.10. The fourth-order valence-corrected chi connectivity index (χ4v) is 2.73. The minimum absolute atomic E-state index is 0.207. The Bertz CT molecular complexity index is 300. The highest BCUT2D eigenvalue weighted by atomic mass is 16.4. The molecule has 1 atom stereocenters. The van der Waals surface area contributed by atoms with Crippen LogP contribution in [0.2, 0.25) is 0 Å². The van der Waals surface area contributed by atoms with Crippen molar-refractivity contribution in [2.24, 2.45) is 5.92 Å². The summed E-state index contributed by atoms with van der Waals surface area (Å²) in [6.45, 7) is 3.87. The molecular formula is C12H20N2O3. The topological polar surface area (TPSA) is 60.9 Å². The van der Waals surface area contributed by atoms with E-state index in [4.69, 9.17) is 5.11 Å². The van der Waals surface area contributed by atoms with E-state index in [1.807, 2.05) is 4.90 Å². The van der Waals surface area contributed by atoms with E-state index in [-0.39, 0.29) is 18.2 Å². The van der Waals surface area contributed by atoms with Crippen LogP contribution in [-0.2, 0) is 9.59 Å². The van der Waals surface area contributed by atoms with Gasteiger partial charge in [0.15, 0.2) is 0 Å². The lowest BCUT2D eigenvalue weighted by Crippen LogP contribution is -2.38. The first-order chi connectivity index (χ1) is 8.15. The van der Waals surface area contributed by atoms with Crippen LogP contribution in [0.25, 0.3) is 0 Å². The maximum Gasteiger partial charge on any atom is 0.303 e. The van der Waals surface area contributed by atoms with Crippen molar-refractivity contribution in [2.45, 2.75) is 25.7 Å². The standard InChI is InChI=1S/C12H20N2O3/c15-11(14-4-1-2-5-14)9-13-6-3-10(8-13)7-12(16)17/h10H,1-9H2,(H,16,17). The highest BCUT2D eigenvalue weighted by molar-refractivity contribution is 5.78. The number of carbonyl (C=O) groups excluding carboxylic acids is 1. The van der Waals surface area contributed by atoms with Crippen molar-refractivity contribution in [3.63, 3.8) is 0 Å². The lowest BCUT2D eigenvalue weighted by Gasteiger charge is -2.20. The number of likely N-dealkylation sites (tertiary alicyclic amines) is 2. The highest BCUT2D eigenvalue weighted by Crippen LogP contribution is 2.19. The zero-order valence-corrected chi connectivity index (χ0v) is 10.1. The molecule has 2 fully saturated rings. The third-order valence-corrected chi connectivity index (χ3v) is 3.65. The Kier molecular flexibility index (Phi) is 3.99. The molecule has 0 bridgehead atoms. The van der Waals surface area contributed by atoms with Crippen molar-refractivity contribution in [3.8, 4) is 0 Å². The monoisotopic (exact) mass is 240 g/mol. The van der Waals surface area contributed by atoms with Crippen molar-refractivity contribution >= 4 is 11.9 Å². The van der Waals surface area contributed by atoms with Crippen LogP contribution in [0.5, 0.6) is 0 Å². The van der Waals surface area contributed by atoms with E-state index in [1.54, 1.807) is 0 Å². The molecule has 0 aromatic rings. The van der Waals surface area contributed by atoms with Crippen LogP contribution in [0, 0.1) is 5.92 Å². The number of nitrogens with zero attached hydrogens (tertiary/aromatic N) is 2. The Morgan fingerprint density at radius 1 is 1.18 bits per heavy atom. The van der Waals surface area contributed by atoms with Gasteiger partial charge in [-0.05, 0) is 31.7 Å². The van der Waals surface area contributed by atoms with Gasteiger partial charge in [-0.2, -0.15) is 0 Å². The van der Waals surface area contributed by atoms with E-state index >= 15 is 0 Å². The molecule has 0 aromatic carbocycles. The Balaban J connectivity index is 1.73. The summed E-state index contributed by atoms with van der Waals surface area (Å²) in [7, 11) is 0. The van der Waals surface area contributed by atoms with Crippen LogP contribution in [0.15, 0.2) is 0 Å². The molecule has 2 heterocycles. The molecule has 2 saturated heterocycles. The summed E-state index contributed by atoms with van der Waals surface area (Å²) in [5.74, 6) is -0.305. The maximum absolute atomic E-state index is 11.9. The number of rotatable bonds is 4. The maximum atomic E-state index is 11.9. The second-order valence-corrected chi connectivity index (χ2v) is 5.08. The van der Waals surface area contributed by atoms with E-state index in [1.165, 1.54) is 0 Å². The van der Waals surface area contributed by atoms with Crippen molar-refractivity contribution in [1.82, 2.24) is 9.80 Å². The van der Waals surface area contributed by atoms with Crippen molar-refractivity contribution in [1.29, 1.82) is 0 Å². The molecule has 2 aliphatic rings. The first-order valence-corrected chi connectivity index (χ1v) is 6.37. The van der Waals surface area contributed by atoms with E-state index in [9.17, 15) is 9.59 Å². The molecule has 1 amide bonds. The van der Waals surface area contributed by atoms with Crippen molar-refractivity contribution in [2.75, 3.05) is 32.7 Å². The summed E-state index contributed by atoms with van der Waals surface area (Å²) in [5.41, 5.74) is 0. The number of hydrogen-bond donors (Lipinski definition) is 1. The lowest BCUT2D eigenvalue weighted by atomic mass is 10.1. The van der Waals surface area contributed by atoms with Gasteiger partial charge in [0.05, 0.1) is 6.54 Å². The molecule has 0 spiro atoms. The molecule has 17 heavy (non-hydrogen) atoms. The van der Waals surface area contributed by atoms with Gasteiger partial charge in [0, 0.05) is 26.1 Å². The molecular weight excluding hydrogens is 220 g/mol. The number of hydrogen-bond acceptors (Lipinski definition) is 3. The third-order valence-electron chi connectivity index (χ3n) is 3.65. The summed E-state index contributed by atoms with van der Waals surface area (Å²) in [5, 5.41) is 8.72.